The minimum absolute atomic E-state index is 0.0265. The standard InChI is InChI=1S/C25H42O5Si/c1-10-22(29-17-28-7)24(27)19(3)20-15-14-18(2)23(20)21(26)13-11-12-16-30-31(8,9)25(4,5)6/h10,18-20,22-23H,1,12,14-17H2,2-9H3/t18-,19-,20-,22+,23-/m0/s1. The molecule has 0 aromatic carbocycles. The van der Waals surface area contributed by atoms with Gasteiger partial charge in [0.25, 0.3) is 0 Å². The van der Waals surface area contributed by atoms with Gasteiger partial charge in [0.2, 0.25) is 5.78 Å². The number of carbonyl (C=O) groups is 2. The van der Waals surface area contributed by atoms with Crippen LogP contribution in [0.4, 0.5) is 0 Å². The van der Waals surface area contributed by atoms with Gasteiger partial charge in [-0.1, -0.05) is 46.6 Å². The fourth-order valence-electron chi connectivity index (χ4n) is 3.93. The van der Waals surface area contributed by atoms with Crippen LogP contribution < -0.4 is 0 Å². The van der Waals surface area contributed by atoms with Gasteiger partial charge < -0.3 is 13.9 Å². The molecule has 0 amide bonds. The van der Waals surface area contributed by atoms with E-state index in [9.17, 15) is 9.59 Å². The van der Waals surface area contributed by atoms with Crippen molar-refractivity contribution in [1.29, 1.82) is 0 Å². The molecule has 1 aliphatic rings. The van der Waals surface area contributed by atoms with Crippen LogP contribution in [0.2, 0.25) is 18.1 Å². The van der Waals surface area contributed by atoms with Crippen molar-refractivity contribution < 1.29 is 23.5 Å². The molecule has 31 heavy (non-hydrogen) atoms. The van der Waals surface area contributed by atoms with Crippen molar-refractivity contribution in [2.75, 3.05) is 20.5 Å². The van der Waals surface area contributed by atoms with E-state index in [2.05, 4.69) is 59.2 Å². The fraction of sp³-hybridized carbons (Fsp3) is 0.760. The SMILES string of the molecule is C=C[C@@H](OCOC)C(=O)[C@@H](C)[C@@H]1CC[C@H](C)[C@@H]1C(=O)C#CCCO[Si](C)(C)C(C)(C)C. The summed E-state index contributed by atoms with van der Waals surface area (Å²) in [6, 6.07) is 0. The lowest BCUT2D eigenvalue weighted by Crippen LogP contribution is -2.40. The van der Waals surface area contributed by atoms with Gasteiger partial charge in [0.05, 0.1) is 0 Å². The number of methoxy groups -OCH3 is 1. The van der Waals surface area contributed by atoms with E-state index in [0.717, 1.165) is 12.8 Å². The Hall–Kier alpha value is -1.26. The Balaban J connectivity index is 2.75. The minimum atomic E-state index is -1.80. The summed E-state index contributed by atoms with van der Waals surface area (Å²) in [6.45, 7) is 19.3. The number of hydrogen-bond donors (Lipinski definition) is 0. The second-order valence-electron chi connectivity index (χ2n) is 10.2. The lowest BCUT2D eigenvalue weighted by Gasteiger charge is -2.35. The molecule has 0 aromatic heterocycles. The highest BCUT2D eigenvalue weighted by atomic mass is 28.4. The quantitative estimate of drug-likeness (QED) is 0.111. The number of rotatable bonds is 11. The minimum Gasteiger partial charge on any atom is -0.416 e. The average molecular weight is 451 g/mol. The number of Topliss-reactive ketones (excluding diaryl/α,β-unsaturated/α-hetero) is 2. The summed E-state index contributed by atoms with van der Waals surface area (Å²) >= 11 is 0. The van der Waals surface area contributed by atoms with E-state index in [1.807, 2.05) is 6.92 Å². The molecule has 1 fully saturated rings. The van der Waals surface area contributed by atoms with Gasteiger partial charge in [0.1, 0.15) is 12.9 Å². The highest BCUT2D eigenvalue weighted by molar-refractivity contribution is 6.74. The Kier molecular flexibility index (Phi) is 10.8. The largest absolute Gasteiger partial charge is 0.416 e. The number of hydrogen-bond acceptors (Lipinski definition) is 5. The lowest BCUT2D eigenvalue weighted by molar-refractivity contribution is -0.140. The van der Waals surface area contributed by atoms with Gasteiger partial charge in [-0.15, -0.1) is 6.58 Å². The topological polar surface area (TPSA) is 61.8 Å². The third-order valence-corrected chi connectivity index (χ3v) is 11.5. The van der Waals surface area contributed by atoms with Crippen LogP contribution in [0.5, 0.6) is 0 Å². The Bertz CT molecular complexity index is 682. The van der Waals surface area contributed by atoms with E-state index < -0.39 is 14.4 Å². The molecule has 0 N–H and O–H groups in total. The number of ketones is 2. The zero-order chi connectivity index (χ0) is 23.8. The molecule has 176 valence electrons. The first-order valence-electron chi connectivity index (χ1n) is 11.3. The first-order valence-corrected chi connectivity index (χ1v) is 14.2. The average Bonchev–Trinajstić information content (AvgIpc) is 3.07. The van der Waals surface area contributed by atoms with Gasteiger partial charge in [-0.3, -0.25) is 9.59 Å². The zero-order valence-electron chi connectivity index (χ0n) is 20.7. The number of ether oxygens (including phenoxy) is 2. The van der Waals surface area contributed by atoms with E-state index in [1.54, 1.807) is 0 Å². The van der Waals surface area contributed by atoms with Gasteiger partial charge in [0.15, 0.2) is 14.1 Å². The first kappa shape index (κ1) is 27.8. The molecule has 0 spiro atoms. The second-order valence-corrected chi connectivity index (χ2v) is 15.0. The molecule has 0 aromatic rings. The molecule has 5 nitrogen and oxygen atoms in total. The summed E-state index contributed by atoms with van der Waals surface area (Å²) in [5.41, 5.74) is 0. The highest BCUT2D eigenvalue weighted by Crippen LogP contribution is 2.42. The van der Waals surface area contributed by atoms with Gasteiger partial charge in [-0.25, -0.2) is 0 Å². The van der Waals surface area contributed by atoms with Crippen molar-refractivity contribution in [2.45, 2.75) is 78.1 Å². The maximum Gasteiger partial charge on any atom is 0.209 e. The predicted molar refractivity (Wildman–Crippen MR) is 127 cm³/mol. The highest BCUT2D eigenvalue weighted by Gasteiger charge is 2.43. The van der Waals surface area contributed by atoms with Crippen LogP contribution in [0, 0.1) is 35.5 Å². The van der Waals surface area contributed by atoms with E-state index in [-0.39, 0.29) is 47.1 Å². The monoisotopic (exact) mass is 450 g/mol. The van der Waals surface area contributed by atoms with E-state index >= 15 is 0 Å². The van der Waals surface area contributed by atoms with Crippen LogP contribution in [-0.2, 0) is 23.5 Å². The van der Waals surface area contributed by atoms with Crippen molar-refractivity contribution in [3.8, 4) is 11.8 Å². The molecule has 0 bridgehead atoms. The van der Waals surface area contributed by atoms with Crippen LogP contribution >= 0.6 is 0 Å². The summed E-state index contributed by atoms with van der Waals surface area (Å²) in [6.07, 6.45) is 3.08. The lowest BCUT2D eigenvalue weighted by atomic mass is 9.77. The number of carbonyl (C=O) groups excluding carboxylic acids is 2. The molecule has 1 saturated carbocycles. The maximum atomic E-state index is 12.9. The van der Waals surface area contributed by atoms with Crippen LogP contribution in [0.15, 0.2) is 12.7 Å². The van der Waals surface area contributed by atoms with Crippen LogP contribution in [0.25, 0.3) is 0 Å². The van der Waals surface area contributed by atoms with E-state index in [0.29, 0.717) is 13.0 Å². The molecular formula is C25H42O5Si. The van der Waals surface area contributed by atoms with E-state index in [4.69, 9.17) is 13.9 Å². The molecular weight excluding hydrogens is 408 g/mol. The van der Waals surface area contributed by atoms with Crippen LogP contribution in [0.1, 0.15) is 53.9 Å². The van der Waals surface area contributed by atoms with Gasteiger partial charge in [-0.05, 0) is 48.7 Å². The Morgan fingerprint density at radius 1 is 1.26 bits per heavy atom. The molecule has 0 saturated heterocycles. The molecule has 0 aliphatic heterocycles. The van der Waals surface area contributed by atoms with Crippen molar-refractivity contribution >= 4 is 19.9 Å². The first-order chi connectivity index (χ1) is 14.4. The fourth-order valence-corrected chi connectivity index (χ4v) is 4.98. The third kappa shape index (κ3) is 7.67. The molecule has 1 aliphatic carbocycles. The molecule has 0 unspecified atom stereocenters. The zero-order valence-corrected chi connectivity index (χ0v) is 21.7. The molecule has 1 rings (SSSR count). The Labute approximate surface area is 190 Å². The van der Waals surface area contributed by atoms with E-state index in [1.165, 1.54) is 13.2 Å². The Morgan fingerprint density at radius 2 is 1.90 bits per heavy atom. The molecule has 6 heteroatoms. The van der Waals surface area contributed by atoms with Crippen molar-refractivity contribution in [3.05, 3.63) is 12.7 Å². The van der Waals surface area contributed by atoms with Crippen LogP contribution in [0.3, 0.4) is 0 Å². The smallest absolute Gasteiger partial charge is 0.209 e. The van der Waals surface area contributed by atoms with Crippen molar-refractivity contribution in [2.24, 2.45) is 23.7 Å². The Morgan fingerprint density at radius 3 is 2.45 bits per heavy atom. The van der Waals surface area contributed by atoms with Crippen LogP contribution in [-0.4, -0.2) is 46.5 Å². The third-order valence-electron chi connectivity index (χ3n) is 6.99. The van der Waals surface area contributed by atoms with Gasteiger partial charge >= 0.3 is 0 Å². The summed E-state index contributed by atoms with van der Waals surface area (Å²) in [5.74, 6) is 5.41. The molecule has 0 radical (unpaired) electrons. The molecule has 0 heterocycles. The van der Waals surface area contributed by atoms with Crippen molar-refractivity contribution in [1.82, 2.24) is 0 Å². The molecule has 5 atom stereocenters. The summed E-state index contributed by atoms with van der Waals surface area (Å²) in [4.78, 5) is 25.8. The second kappa shape index (κ2) is 12.1. The van der Waals surface area contributed by atoms with Crippen molar-refractivity contribution in [3.63, 3.8) is 0 Å². The summed E-state index contributed by atoms with van der Waals surface area (Å²) in [7, 11) is -0.289. The summed E-state index contributed by atoms with van der Waals surface area (Å²) in [5, 5.41) is 0.154. The van der Waals surface area contributed by atoms with Gasteiger partial charge in [-0.2, -0.15) is 0 Å². The maximum absolute atomic E-state index is 12.9. The summed E-state index contributed by atoms with van der Waals surface area (Å²) < 4.78 is 16.5. The predicted octanol–water partition coefficient (Wildman–Crippen LogP) is 5.01. The van der Waals surface area contributed by atoms with Gasteiger partial charge in [0, 0.05) is 32.0 Å². The normalized spacial score (nSPS) is 23.5.